The molecule has 1 aromatic heterocycles. The van der Waals surface area contributed by atoms with Crippen LogP contribution in [0.25, 0.3) is 0 Å². The molecule has 0 aliphatic carbocycles. The van der Waals surface area contributed by atoms with E-state index >= 15 is 0 Å². The van der Waals surface area contributed by atoms with Crippen molar-refractivity contribution < 1.29 is 0 Å². The lowest BCUT2D eigenvalue weighted by molar-refractivity contribution is 0.162. The van der Waals surface area contributed by atoms with Gasteiger partial charge >= 0.3 is 0 Å². The highest BCUT2D eigenvalue weighted by molar-refractivity contribution is 4.89. The molecular weight excluding hydrogens is 164 g/mol. The second kappa shape index (κ2) is 3.89. The van der Waals surface area contributed by atoms with Crippen LogP contribution in [0, 0.1) is 0 Å². The minimum absolute atomic E-state index is 0.610. The fourth-order valence-electron chi connectivity index (χ4n) is 1.69. The number of aromatic nitrogens is 2. The topological polar surface area (TPSA) is 44.0 Å². The standard InChI is InChI=1S/C9H16N4/c1-8-6-10-4-5-13(8)7-9-11-2-3-12-9/h2-3,8,10H,4-7H2,1H3,(H,11,12). The van der Waals surface area contributed by atoms with Gasteiger partial charge in [-0.15, -0.1) is 0 Å². The first-order valence-corrected chi connectivity index (χ1v) is 4.79. The van der Waals surface area contributed by atoms with Crippen LogP contribution >= 0.6 is 0 Å². The van der Waals surface area contributed by atoms with E-state index in [9.17, 15) is 0 Å². The van der Waals surface area contributed by atoms with E-state index < -0.39 is 0 Å². The van der Waals surface area contributed by atoms with Gasteiger partial charge in [0, 0.05) is 38.1 Å². The summed E-state index contributed by atoms with van der Waals surface area (Å²) < 4.78 is 0. The van der Waals surface area contributed by atoms with Crippen LogP contribution in [0.5, 0.6) is 0 Å². The first-order chi connectivity index (χ1) is 6.36. The third-order valence-electron chi connectivity index (χ3n) is 2.55. The number of nitrogens with one attached hydrogen (secondary N) is 2. The van der Waals surface area contributed by atoms with Crippen molar-refractivity contribution in [3.63, 3.8) is 0 Å². The molecule has 4 heteroatoms. The van der Waals surface area contributed by atoms with E-state index in [2.05, 4.69) is 27.1 Å². The number of piperazine rings is 1. The van der Waals surface area contributed by atoms with Crippen molar-refractivity contribution in [3.05, 3.63) is 18.2 Å². The SMILES string of the molecule is CC1CNCCN1Cc1ncc[nH]1. The van der Waals surface area contributed by atoms with E-state index in [4.69, 9.17) is 0 Å². The molecule has 72 valence electrons. The Hall–Kier alpha value is -0.870. The third-order valence-corrected chi connectivity index (χ3v) is 2.55. The van der Waals surface area contributed by atoms with Crippen LogP contribution in [0.1, 0.15) is 12.7 Å². The maximum Gasteiger partial charge on any atom is 0.120 e. The van der Waals surface area contributed by atoms with Crippen molar-refractivity contribution in [2.45, 2.75) is 19.5 Å². The highest BCUT2D eigenvalue weighted by Gasteiger charge is 2.18. The minimum atomic E-state index is 0.610. The van der Waals surface area contributed by atoms with Crippen molar-refractivity contribution >= 4 is 0 Å². The number of rotatable bonds is 2. The summed E-state index contributed by atoms with van der Waals surface area (Å²) in [6, 6.07) is 0.610. The predicted molar refractivity (Wildman–Crippen MR) is 51.3 cm³/mol. The van der Waals surface area contributed by atoms with Gasteiger partial charge in [-0.3, -0.25) is 4.90 Å². The lowest BCUT2D eigenvalue weighted by Gasteiger charge is -2.33. The van der Waals surface area contributed by atoms with Gasteiger partial charge in [0.25, 0.3) is 0 Å². The number of nitrogens with zero attached hydrogens (tertiary/aromatic N) is 2. The van der Waals surface area contributed by atoms with Crippen molar-refractivity contribution in [2.75, 3.05) is 19.6 Å². The predicted octanol–water partition coefficient (Wildman–Crippen LogP) is 0.203. The zero-order valence-corrected chi connectivity index (χ0v) is 7.95. The fraction of sp³-hybridized carbons (Fsp3) is 0.667. The minimum Gasteiger partial charge on any atom is -0.348 e. The molecule has 0 radical (unpaired) electrons. The molecule has 1 aliphatic rings. The Kier molecular flexibility index (Phi) is 2.61. The molecule has 13 heavy (non-hydrogen) atoms. The smallest absolute Gasteiger partial charge is 0.120 e. The molecule has 0 bridgehead atoms. The van der Waals surface area contributed by atoms with Gasteiger partial charge in [-0.25, -0.2) is 4.98 Å². The Morgan fingerprint density at radius 1 is 1.69 bits per heavy atom. The Morgan fingerprint density at radius 3 is 3.31 bits per heavy atom. The van der Waals surface area contributed by atoms with Gasteiger partial charge in [0.15, 0.2) is 0 Å². The zero-order valence-electron chi connectivity index (χ0n) is 7.95. The molecule has 0 saturated carbocycles. The van der Waals surface area contributed by atoms with E-state index in [1.807, 2.05) is 12.4 Å². The van der Waals surface area contributed by atoms with E-state index in [1.165, 1.54) is 0 Å². The monoisotopic (exact) mass is 180 g/mol. The Morgan fingerprint density at radius 2 is 2.62 bits per heavy atom. The molecule has 1 atom stereocenters. The highest BCUT2D eigenvalue weighted by atomic mass is 15.2. The summed E-state index contributed by atoms with van der Waals surface area (Å²) in [6.07, 6.45) is 3.68. The molecule has 1 aromatic rings. The molecule has 0 aromatic carbocycles. The Bertz CT molecular complexity index is 244. The summed E-state index contributed by atoms with van der Waals surface area (Å²) in [4.78, 5) is 9.80. The molecule has 2 N–H and O–H groups in total. The molecule has 1 saturated heterocycles. The fourth-order valence-corrected chi connectivity index (χ4v) is 1.69. The van der Waals surface area contributed by atoms with Crippen LogP contribution in [0.4, 0.5) is 0 Å². The summed E-state index contributed by atoms with van der Waals surface area (Å²) in [7, 11) is 0. The molecule has 0 spiro atoms. The highest BCUT2D eigenvalue weighted by Crippen LogP contribution is 2.05. The molecule has 4 nitrogen and oxygen atoms in total. The van der Waals surface area contributed by atoms with Crippen LogP contribution in [0.2, 0.25) is 0 Å². The summed E-state index contributed by atoms with van der Waals surface area (Å²) in [6.45, 7) is 6.47. The van der Waals surface area contributed by atoms with Crippen molar-refractivity contribution in [3.8, 4) is 0 Å². The van der Waals surface area contributed by atoms with Gasteiger partial charge in [0.1, 0.15) is 5.82 Å². The van der Waals surface area contributed by atoms with Crippen molar-refractivity contribution in [1.82, 2.24) is 20.2 Å². The zero-order chi connectivity index (χ0) is 9.10. The van der Waals surface area contributed by atoms with Gasteiger partial charge in [-0.2, -0.15) is 0 Å². The van der Waals surface area contributed by atoms with Crippen molar-refractivity contribution in [2.24, 2.45) is 0 Å². The summed E-state index contributed by atoms with van der Waals surface area (Å²) >= 11 is 0. The molecule has 1 fully saturated rings. The molecule has 2 heterocycles. The number of hydrogen-bond donors (Lipinski definition) is 2. The van der Waals surface area contributed by atoms with E-state index in [1.54, 1.807) is 0 Å². The van der Waals surface area contributed by atoms with Gasteiger partial charge < -0.3 is 10.3 Å². The van der Waals surface area contributed by atoms with Crippen LogP contribution in [-0.2, 0) is 6.54 Å². The van der Waals surface area contributed by atoms with E-state index in [0.717, 1.165) is 32.0 Å². The maximum atomic E-state index is 4.23. The van der Waals surface area contributed by atoms with Gasteiger partial charge in [0.05, 0.1) is 6.54 Å². The molecule has 2 rings (SSSR count). The first-order valence-electron chi connectivity index (χ1n) is 4.79. The molecular formula is C9H16N4. The van der Waals surface area contributed by atoms with Crippen LogP contribution in [0.3, 0.4) is 0 Å². The third kappa shape index (κ3) is 2.08. The average Bonchev–Trinajstić information content (AvgIpc) is 2.61. The van der Waals surface area contributed by atoms with Crippen LogP contribution in [-0.4, -0.2) is 40.5 Å². The number of imidazole rings is 1. The second-order valence-corrected chi connectivity index (χ2v) is 3.56. The molecule has 1 unspecified atom stereocenters. The quantitative estimate of drug-likeness (QED) is 0.683. The number of H-pyrrole nitrogens is 1. The van der Waals surface area contributed by atoms with Crippen LogP contribution in [0.15, 0.2) is 12.4 Å². The van der Waals surface area contributed by atoms with Gasteiger partial charge in [0.2, 0.25) is 0 Å². The lowest BCUT2D eigenvalue weighted by atomic mass is 10.2. The van der Waals surface area contributed by atoms with Crippen molar-refractivity contribution in [1.29, 1.82) is 0 Å². The van der Waals surface area contributed by atoms with Gasteiger partial charge in [-0.1, -0.05) is 0 Å². The number of hydrogen-bond acceptors (Lipinski definition) is 3. The Balaban J connectivity index is 1.93. The van der Waals surface area contributed by atoms with Crippen LogP contribution < -0.4 is 5.32 Å². The summed E-state index contributed by atoms with van der Waals surface area (Å²) in [5.41, 5.74) is 0. The molecule has 0 amide bonds. The lowest BCUT2D eigenvalue weighted by Crippen LogP contribution is -2.49. The Labute approximate surface area is 78.4 Å². The molecule has 1 aliphatic heterocycles. The second-order valence-electron chi connectivity index (χ2n) is 3.56. The summed E-state index contributed by atoms with van der Waals surface area (Å²) in [5.74, 6) is 1.06. The van der Waals surface area contributed by atoms with E-state index in [0.29, 0.717) is 6.04 Å². The van der Waals surface area contributed by atoms with E-state index in [-0.39, 0.29) is 0 Å². The largest absolute Gasteiger partial charge is 0.348 e. The normalized spacial score (nSPS) is 24.8. The number of aromatic amines is 1. The summed E-state index contributed by atoms with van der Waals surface area (Å²) in [5, 5.41) is 3.37. The first kappa shape index (κ1) is 8.72. The van der Waals surface area contributed by atoms with Gasteiger partial charge in [-0.05, 0) is 6.92 Å². The maximum absolute atomic E-state index is 4.23. The average molecular weight is 180 g/mol.